The van der Waals surface area contributed by atoms with Gasteiger partial charge in [-0.2, -0.15) is 0 Å². The minimum absolute atomic E-state index is 0.213. The molecule has 1 aliphatic carbocycles. The van der Waals surface area contributed by atoms with Crippen molar-refractivity contribution in [2.45, 2.75) is 25.4 Å². The maximum atomic E-state index is 12.0. The molecule has 0 radical (unpaired) electrons. The van der Waals surface area contributed by atoms with Crippen LogP contribution in [0.2, 0.25) is 0 Å². The average Bonchev–Trinajstić information content (AvgIpc) is 2.99. The van der Waals surface area contributed by atoms with Gasteiger partial charge in [-0.15, -0.1) is 0 Å². The zero-order chi connectivity index (χ0) is 14.2. The Morgan fingerprint density at radius 2 is 2.05 bits per heavy atom. The molecule has 20 heavy (non-hydrogen) atoms. The SMILES string of the molecule is Cc1oncc1C(=O)NCC1(O)Cc2ccccc2C1. The number of aryl methyl sites for hydroxylation is 1. The van der Waals surface area contributed by atoms with Crippen LogP contribution in [0, 0.1) is 6.92 Å². The van der Waals surface area contributed by atoms with Crippen LogP contribution in [0.15, 0.2) is 35.0 Å². The number of aliphatic hydroxyl groups is 1. The summed E-state index contributed by atoms with van der Waals surface area (Å²) in [6, 6.07) is 7.95. The molecule has 1 aliphatic rings. The van der Waals surface area contributed by atoms with E-state index in [9.17, 15) is 9.90 Å². The number of rotatable bonds is 3. The van der Waals surface area contributed by atoms with Crippen LogP contribution >= 0.6 is 0 Å². The van der Waals surface area contributed by atoms with E-state index >= 15 is 0 Å². The van der Waals surface area contributed by atoms with Gasteiger partial charge in [0.2, 0.25) is 0 Å². The number of carbonyl (C=O) groups is 1. The maximum Gasteiger partial charge on any atom is 0.256 e. The van der Waals surface area contributed by atoms with Crippen LogP contribution in [0.3, 0.4) is 0 Å². The summed E-state index contributed by atoms with van der Waals surface area (Å²) in [5.41, 5.74) is 1.78. The van der Waals surface area contributed by atoms with E-state index in [0.29, 0.717) is 24.2 Å². The van der Waals surface area contributed by atoms with Crippen LogP contribution in [0.4, 0.5) is 0 Å². The third-order valence-corrected chi connectivity index (χ3v) is 3.73. The van der Waals surface area contributed by atoms with Crippen molar-refractivity contribution in [3.63, 3.8) is 0 Å². The molecule has 0 aliphatic heterocycles. The summed E-state index contributed by atoms with van der Waals surface area (Å²) in [4.78, 5) is 12.0. The van der Waals surface area contributed by atoms with Gasteiger partial charge in [-0.1, -0.05) is 29.4 Å². The van der Waals surface area contributed by atoms with Gasteiger partial charge in [0.25, 0.3) is 5.91 Å². The minimum atomic E-state index is -0.912. The Bertz CT molecular complexity index is 623. The normalized spacial score (nSPS) is 15.9. The molecule has 5 heteroatoms. The zero-order valence-electron chi connectivity index (χ0n) is 11.2. The van der Waals surface area contributed by atoms with Crippen molar-refractivity contribution >= 4 is 5.91 Å². The number of amides is 1. The molecule has 2 aromatic rings. The molecule has 0 fully saturated rings. The summed E-state index contributed by atoms with van der Waals surface area (Å²) < 4.78 is 4.86. The second kappa shape index (κ2) is 4.76. The van der Waals surface area contributed by atoms with E-state index in [1.807, 2.05) is 24.3 Å². The number of carbonyl (C=O) groups excluding carboxylic acids is 1. The van der Waals surface area contributed by atoms with Crippen LogP contribution in [0.5, 0.6) is 0 Å². The van der Waals surface area contributed by atoms with Crippen molar-refractivity contribution in [3.05, 3.63) is 52.9 Å². The van der Waals surface area contributed by atoms with Crippen LogP contribution in [-0.4, -0.2) is 28.3 Å². The lowest BCUT2D eigenvalue weighted by Crippen LogP contribution is -2.43. The molecule has 0 unspecified atom stereocenters. The van der Waals surface area contributed by atoms with Gasteiger partial charge in [-0.25, -0.2) is 0 Å². The third kappa shape index (κ3) is 2.32. The predicted octanol–water partition coefficient (Wildman–Crippen LogP) is 1.24. The van der Waals surface area contributed by atoms with E-state index in [4.69, 9.17) is 4.52 Å². The van der Waals surface area contributed by atoms with E-state index in [1.165, 1.54) is 6.20 Å². The number of aromatic nitrogens is 1. The average molecular weight is 272 g/mol. The Kier molecular flexibility index (Phi) is 3.06. The molecule has 1 aromatic carbocycles. The molecular weight excluding hydrogens is 256 g/mol. The van der Waals surface area contributed by atoms with Gasteiger partial charge in [0.1, 0.15) is 11.3 Å². The summed E-state index contributed by atoms with van der Waals surface area (Å²) in [5, 5.41) is 16.9. The minimum Gasteiger partial charge on any atom is -0.387 e. The highest BCUT2D eigenvalue weighted by molar-refractivity contribution is 5.94. The van der Waals surface area contributed by atoms with Crippen molar-refractivity contribution in [1.29, 1.82) is 0 Å². The predicted molar refractivity (Wildman–Crippen MR) is 72.4 cm³/mol. The van der Waals surface area contributed by atoms with E-state index < -0.39 is 5.60 Å². The Morgan fingerprint density at radius 3 is 2.60 bits per heavy atom. The molecule has 0 atom stereocenters. The first-order valence-corrected chi connectivity index (χ1v) is 6.56. The number of nitrogens with one attached hydrogen (secondary N) is 1. The van der Waals surface area contributed by atoms with Gasteiger partial charge < -0.3 is 14.9 Å². The highest BCUT2D eigenvalue weighted by atomic mass is 16.5. The Hall–Kier alpha value is -2.14. The molecule has 5 nitrogen and oxygen atoms in total. The number of fused-ring (bicyclic) bond motifs is 1. The fourth-order valence-corrected chi connectivity index (χ4v) is 2.66. The summed E-state index contributed by atoms with van der Waals surface area (Å²) in [7, 11) is 0. The standard InChI is InChI=1S/C15H16N2O3/c1-10-13(8-17-20-10)14(18)16-9-15(19)6-11-4-2-3-5-12(11)7-15/h2-5,8,19H,6-7,9H2,1H3,(H,16,18). The van der Waals surface area contributed by atoms with Gasteiger partial charge >= 0.3 is 0 Å². The molecule has 104 valence electrons. The lowest BCUT2D eigenvalue weighted by atomic mass is 10.0. The molecule has 0 saturated carbocycles. The molecule has 1 heterocycles. The van der Waals surface area contributed by atoms with Crippen LogP contribution in [0.1, 0.15) is 27.2 Å². The number of hydrogen-bond acceptors (Lipinski definition) is 4. The number of hydrogen-bond donors (Lipinski definition) is 2. The van der Waals surface area contributed by atoms with E-state index in [0.717, 1.165) is 11.1 Å². The summed E-state index contributed by atoms with van der Waals surface area (Å²) in [5.74, 6) is 0.206. The quantitative estimate of drug-likeness (QED) is 0.881. The van der Waals surface area contributed by atoms with Crippen molar-refractivity contribution < 1.29 is 14.4 Å². The fourth-order valence-electron chi connectivity index (χ4n) is 2.66. The highest BCUT2D eigenvalue weighted by Gasteiger charge is 2.35. The van der Waals surface area contributed by atoms with Crippen LogP contribution in [0.25, 0.3) is 0 Å². The van der Waals surface area contributed by atoms with E-state index in [-0.39, 0.29) is 12.5 Å². The molecule has 0 spiro atoms. The van der Waals surface area contributed by atoms with Crippen molar-refractivity contribution in [1.82, 2.24) is 10.5 Å². The lowest BCUT2D eigenvalue weighted by Gasteiger charge is -2.22. The molecular formula is C15H16N2O3. The lowest BCUT2D eigenvalue weighted by molar-refractivity contribution is 0.0479. The zero-order valence-corrected chi connectivity index (χ0v) is 11.2. The molecule has 1 amide bonds. The summed E-state index contributed by atoms with van der Waals surface area (Å²) in [6.45, 7) is 1.90. The van der Waals surface area contributed by atoms with Gasteiger partial charge in [-0.3, -0.25) is 4.79 Å². The van der Waals surface area contributed by atoms with Crippen molar-refractivity contribution in [2.24, 2.45) is 0 Å². The smallest absolute Gasteiger partial charge is 0.256 e. The molecule has 2 N–H and O–H groups in total. The summed E-state index contributed by atoms with van der Waals surface area (Å²) in [6.07, 6.45) is 2.51. The first kappa shape index (κ1) is 12.9. The Balaban J connectivity index is 1.65. The third-order valence-electron chi connectivity index (χ3n) is 3.73. The van der Waals surface area contributed by atoms with E-state index in [1.54, 1.807) is 6.92 Å². The topological polar surface area (TPSA) is 75.4 Å². The number of benzene rings is 1. The Labute approximate surface area is 116 Å². The molecule has 3 rings (SSSR count). The van der Waals surface area contributed by atoms with Crippen molar-refractivity contribution in [2.75, 3.05) is 6.54 Å². The second-order valence-corrected chi connectivity index (χ2v) is 5.32. The first-order valence-electron chi connectivity index (χ1n) is 6.56. The van der Waals surface area contributed by atoms with Crippen molar-refractivity contribution in [3.8, 4) is 0 Å². The van der Waals surface area contributed by atoms with Gasteiger partial charge in [0, 0.05) is 19.4 Å². The Morgan fingerprint density at radius 1 is 1.40 bits per heavy atom. The van der Waals surface area contributed by atoms with Gasteiger partial charge in [0.05, 0.1) is 11.8 Å². The first-order chi connectivity index (χ1) is 9.57. The largest absolute Gasteiger partial charge is 0.387 e. The monoisotopic (exact) mass is 272 g/mol. The van der Waals surface area contributed by atoms with Gasteiger partial charge in [0.15, 0.2) is 0 Å². The molecule has 0 bridgehead atoms. The summed E-state index contributed by atoms with van der Waals surface area (Å²) >= 11 is 0. The molecule has 1 aromatic heterocycles. The molecule has 0 saturated heterocycles. The van der Waals surface area contributed by atoms with E-state index in [2.05, 4.69) is 10.5 Å². The maximum absolute atomic E-state index is 12.0. The second-order valence-electron chi connectivity index (χ2n) is 5.32. The van der Waals surface area contributed by atoms with Crippen LogP contribution in [-0.2, 0) is 12.8 Å². The van der Waals surface area contributed by atoms with Crippen LogP contribution < -0.4 is 5.32 Å². The number of nitrogens with zero attached hydrogens (tertiary/aromatic N) is 1. The highest BCUT2D eigenvalue weighted by Crippen LogP contribution is 2.29. The van der Waals surface area contributed by atoms with Gasteiger partial charge in [-0.05, 0) is 18.1 Å². The fraction of sp³-hybridized carbons (Fsp3) is 0.333.